The van der Waals surface area contributed by atoms with Crippen LogP contribution in [0.25, 0.3) is 11.4 Å². The lowest BCUT2D eigenvalue weighted by molar-refractivity contribution is 0.697. The molecule has 2 aromatic carbocycles. The summed E-state index contributed by atoms with van der Waals surface area (Å²) in [5.41, 5.74) is 2.30. The summed E-state index contributed by atoms with van der Waals surface area (Å²) in [6.45, 7) is 3.52. The number of hydrogen-bond acceptors (Lipinski definition) is 7. The Kier molecular flexibility index (Phi) is 5.73. The van der Waals surface area contributed by atoms with Gasteiger partial charge in [0.25, 0.3) is 5.95 Å². The van der Waals surface area contributed by atoms with Gasteiger partial charge in [-0.15, -0.1) is 15.3 Å². The first-order valence-corrected chi connectivity index (χ1v) is 8.69. The predicted octanol–water partition coefficient (Wildman–Crippen LogP) is 4.52. The van der Waals surface area contributed by atoms with Crippen molar-refractivity contribution in [3.05, 3.63) is 54.6 Å². The number of aromatic amines is 1. The fourth-order valence-electron chi connectivity index (χ4n) is 2.72. The van der Waals surface area contributed by atoms with Gasteiger partial charge in [0, 0.05) is 11.3 Å². The van der Waals surface area contributed by atoms with E-state index in [4.69, 9.17) is 0 Å². The minimum atomic E-state index is -0.424. The highest BCUT2D eigenvalue weighted by Gasteiger charge is 2.20. The second-order valence-corrected chi connectivity index (χ2v) is 6.08. The van der Waals surface area contributed by atoms with E-state index in [1.165, 1.54) is 0 Å². The highest BCUT2D eigenvalue weighted by atomic mass is 15.3. The van der Waals surface area contributed by atoms with E-state index < -0.39 is 12.1 Å². The van der Waals surface area contributed by atoms with Crippen LogP contribution in [0, 0.1) is 22.7 Å². The topological polar surface area (TPSA) is 117 Å². The Bertz CT molecular complexity index is 1000. The molecule has 0 amide bonds. The van der Waals surface area contributed by atoms with Crippen LogP contribution in [0.5, 0.6) is 0 Å². The Hall–Kier alpha value is -4.04. The first-order valence-electron chi connectivity index (χ1n) is 8.69. The normalized spacial score (nSPS) is 12.9. The van der Waals surface area contributed by atoms with E-state index in [-0.39, 0.29) is 5.95 Å². The number of azo groups is 1. The maximum Gasteiger partial charge on any atom is 0.287 e. The number of nitrogens with zero attached hydrogens (tertiary/aromatic N) is 7. The summed E-state index contributed by atoms with van der Waals surface area (Å²) in [7, 11) is 0. The summed E-state index contributed by atoms with van der Waals surface area (Å²) in [5, 5.41) is 33.5. The van der Waals surface area contributed by atoms with Crippen molar-refractivity contribution in [2.75, 3.05) is 4.90 Å². The Morgan fingerprint density at radius 3 is 2.18 bits per heavy atom. The van der Waals surface area contributed by atoms with Crippen molar-refractivity contribution in [1.29, 1.82) is 10.5 Å². The number of nitrogens with one attached hydrogen (secondary N) is 1. The SMILES string of the molecule is CC(C#N)N(c1ccc(N=Nc2n[nH]c(-c3ccccc3)n2)cc1)C(C)C#N. The number of anilines is 1. The summed E-state index contributed by atoms with van der Waals surface area (Å²) in [6.07, 6.45) is 0. The Morgan fingerprint density at radius 2 is 1.57 bits per heavy atom. The summed E-state index contributed by atoms with van der Waals surface area (Å²) in [6, 6.07) is 20.3. The number of benzene rings is 2. The minimum Gasteiger partial charge on any atom is -0.340 e. The molecule has 0 saturated carbocycles. The van der Waals surface area contributed by atoms with Crippen molar-refractivity contribution in [3.63, 3.8) is 0 Å². The minimum absolute atomic E-state index is 0.237. The molecule has 1 N–H and O–H groups in total. The number of aromatic nitrogens is 3. The molecule has 0 aliphatic heterocycles. The molecule has 2 atom stereocenters. The molecule has 0 aliphatic rings. The molecule has 0 saturated heterocycles. The van der Waals surface area contributed by atoms with Gasteiger partial charge in [-0.25, -0.2) is 0 Å². The van der Waals surface area contributed by atoms with Crippen LogP contribution in [0.3, 0.4) is 0 Å². The average Bonchev–Trinajstić information content (AvgIpc) is 3.22. The summed E-state index contributed by atoms with van der Waals surface area (Å²) < 4.78 is 0. The van der Waals surface area contributed by atoms with Crippen LogP contribution in [-0.4, -0.2) is 27.3 Å². The van der Waals surface area contributed by atoms with Crippen LogP contribution in [0.4, 0.5) is 17.3 Å². The van der Waals surface area contributed by atoms with Crippen molar-refractivity contribution < 1.29 is 0 Å². The highest BCUT2D eigenvalue weighted by molar-refractivity contribution is 5.56. The smallest absolute Gasteiger partial charge is 0.287 e. The van der Waals surface area contributed by atoms with E-state index in [9.17, 15) is 10.5 Å². The summed E-state index contributed by atoms with van der Waals surface area (Å²) >= 11 is 0. The van der Waals surface area contributed by atoms with Gasteiger partial charge in [0.05, 0.1) is 17.8 Å². The zero-order chi connectivity index (χ0) is 19.9. The van der Waals surface area contributed by atoms with E-state index in [1.807, 2.05) is 42.5 Å². The molecule has 28 heavy (non-hydrogen) atoms. The molecule has 2 unspecified atom stereocenters. The van der Waals surface area contributed by atoms with Crippen LogP contribution in [0.15, 0.2) is 64.8 Å². The first kappa shape index (κ1) is 18.7. The number of nitriles is 2. The molecular formula is C20H18N8. The average molecular weight is 370 g/mol. The Labute approximate surface area is 162 Å². The third-order valence-corrected chi connectivity index (χ3v) is 4.13. The molecule has 3 aromatic rings. The van der Waals surface area contributed by atoms with Gasteiger partial charge in [-0.2, -0.15) is 15.5 Å². The molecule has 1 heterocycles. The maximum absolute atomic E-state index is 9.21. The quantitative estimate of drug-likeness (QED) is 0.640. The first-order chi connectivity index (χ1) is 13.6. The third kappa shape index (κ3) is 4.19. The standard InChI is InChI=1S/C20H18N8/c1-14(12-21)28(15(2)13-22)18-10-8-17(9-11-18)24-26-20-23-19(25-27-20)16-6-4-3-5-7-16/h3-11,14-15H,1-2H3,(H,23,25,27). The summed E-state index contributed by atoms with van der Waals surface area (Å²) in [5.74, 6) is 0.859. The molecule has 0 radical (unpaired) electrons. The monoisotopic (exact) mass is 370 g/mol. The van der Waals surface area contributed by atoms with E-state index in [2.05, 4.69) is 37.5 Å². The zero-order valence-corrected chi connectivity index (χ0v) is 15.5. The number of rotatable bonds is 6. The van der Waals surface area contributed by atoms with Crippen molar-refractivity contribution in [2.24, 2.45) is 10.2 Å². The second kappa shape index (κ2) is 8.56. The Balaban J connectivity index is 1.75. The van der Waals surface area contributed by atoms with Crippen LogP contribution in [0.2, 0.25) is 0 Å². The zero-order valence-electron chi connectivity index (χ0n) is 15.5. The van der Waals surface area contributed by atoms with Gasteiger partial charge in [-0.1, -0.05) is 30.3 Å². The fraction of sp³-hybridized carbons (Fsp3) is 0.200. The highest BCUT2D eigenvalue weighted by Crippen LogP contribution is 2.25. The van der Waals surface area contributed by atoms with Crippen molar-refractivity contribution in [1.82, 2.24) is 15.2 Å². The van der Waals surface area contributed by atoms with Gasteiger partial charge in [0.2, 0.25) is 0 Å². The second-order valence-electron chi connectivity index (χ2n) is 6.08. The van der Waals surface area contributed by atoms with Crippen molar-refractivity contribution in [3.8, 4) is 23.5 Å². The Morgan fingerprint density at radius 1 is 0.929 bits per heavy atom. The van der Waals surface area contributed by atoms with Gasteiger partial charge in [0.1, 0.15) is 12.1 Å². The van der Waals surface area contributed by atoms with Crippen LogP contribution in [-0.2, 0) is 0 Å². The van der Waals surface area contributed by atoms with Crippen LogP contribution in [0.1, 0.15) is 13.8 Å². The lowest BCUT2D eigenvalue weighted by Crippen LogP contribution is -2.38. The molecule has 0 bridgehead atoms. The molecule has 138 valence electrons. The van der Waals surface area contributed by atoms with Crippen LogP contribution < -0.4 is 4.90 Å². The van der Waals surface area contributed by atoms with E-state index >= 15 is 0 Å². The molecule has 8 heteroatoms. The molecule has 0 fully saturated rings. The largest absolute Gasteiger partial charge is 0.340 e. The van der Waals surface area contributed by atoms with E-state index in [1.54, 1.807) is 30.9 Å². The van der Waals surface area contributed by atoms with Crippen molar-refractivity contribution in [2.45, 2.75) is 25.9 Å². The van der Waals surface area contributed by atoms with Gasteiger partial charge in [-0.05, 0) is 38.1 Å². The summed E-state index contributed by atoms with van der Waals surface area (Å²) in [4.78, 5) is 6.05. The molecule has 3 rings (SSSR count). The van der Waals surface area contributed by atoms with Crippen molar-refractivity contribution >= 4 is 17.3 Å². The number of H-pyrrole nitrogens is 1. The molecule has 8 nitrogen and oxygen atoms in total. The fourth-order valence-corrected chi connectivity index (χ4v) is 2.72. The molecular weight excluding hydrogens is 352 g/mol. The molecule has 0 aliphatic carbocycles. The number of hydrogen-bond donors (Lipinski definition) is 1. The predicted molar refractivity (Wildman–Crippen MR) is 105 cm³/mol. The van der Waals surface area contributed by atoms with E-state index in [0.717, 1.165) is 11.3 Å². The lowest BCUT2D eigenvalue weighted by atomic mass is 10.1. The lowest BCUT2D eigenvalue weighted by Gasteiger charge is -2.29. The van der Waals surface area contributed by atoms with E-state index in [0.29, 0.717) is 11.5 Å². The maximum atomic E-state index is 9.21. The third-order valence-electron chi connectivity index (χ3n) is 4.13. The van der Waals surface area contributed by atoms with Gasteiger partial charge in [-0.3, -0.25) is 5.10 Å². The van der Waals surface area contributed by atoms with Gasteiger partial charge >= 0.3 is 0 Å². The van der Waals surface area contributed by atoms with Crippen LogP contribution >= 0.6 is 0 Å². The van der Waals surface area contributed by atoms with Gasteiger partial charge < -0.3 is 4.90 Å². The molecule has 0 spiro atoms. The van der Waals surface area contributed by atoms with Gasteiger partial charge in [0.15, 0.2) is 5.82 Å². The molecule has 1 aromatic heterocycles.